The summed E-state index contributed by atoms with van der Waals surface area (Å²) >= 11 is 6.21. The molecule has 2 aromatic rings. The van der Waals surface area contributed by atoms with Crippen molar-refractivity contribution < 1.29 is 4.79 Å². The van der Waals surface area contributed by atoms with E-state index in [4.69, 9.17) is 16.6 Å². The highest BCUT2D eigenvalue weighted by Crippen LogP contribution is 2.33. The van der Waals surface area contributed by atoms with Gasteiger partial charge in [0.25, 0.3) is 5.91 Å². The lowest BCUT2D eigenvalue weighted by Crippen LogP contribution is -2.46. The quantitative estimate of drug-likeness (QED) is 0.806. The van der Waals surface area contributed by atoms with Crippen LogP contribution >= 0.6 is 11.6 Å². The lowest BCUT2D eigenvalue weighted by molar-refractivity contribution is 0.0892. The topological polar surface area (TPSA) is 42.0 Å². The predicted molar refractivity (Wildman–Crippen MR) is 104 cm³/mol. The fourth-order valence-corrected chi connectivity index (χ4v) is 4.41. The maximum atomic E-state index is 13.2. The molecule has 1 aliphatic carbocycles. The van der Waals surface area contributed by atoms with E-state index in [1.807, 2.05) is 18.2 Å². The number of pyridine rings is 1. The van der Waals surface area contributed by atoms with Crippen molar-refractivity contribution in [3.63, 3.8) is 0 Å². The Morgan fingerprint density at radius 3 is 2.60 bits per heavy atom. The van der Waals surface area contributed by atoms with Crippen LogP contribution in [0, 0.1) is 5.41 Å². The van der Waals surface area contributed by atoms with E-state index in [2.05, 4.69) is 39.9 Å². The van der Waals surface area contributed by atoms with Gasteiger partial charge in [0.2, 0.25) is 0 Å². The average molecular weight is 359 g/mol. The van der Waals surface area contributed by atoms with E-state index in [0.29, 0.717) is 5.02 Å². The zero-order valence-electron chi connectivity index (χ0n) is 15.8. The van der Waals surface area contributed by atoms with Crippen LogP contribution in [0.1, 0.15) is 69.1 Å². The Bertz CT molecular complexity index is 834. The van der Waals surface area contributed by atoms with Crippen LogP contribution in [0.25, 0.3) is 10.9 Å². The number of carbonyl (C=O) groups is 1. The minimum absolute atomic E-state index is 0.0120. The van der Waals surface area contributed by atoms with E-state index in [9.17, 15) is 4.79 Å². The van der Waals surface area contributed by atoms with Crippen LogP contribution in [0.15, 0.2) is 18.2 Å². The molecule has 1 aliphatic rings. The second kappa shape index (κ2) is 6.28. The molecule has 0 spiro atoms. The maximum absolute atomic E-state index is 13.2. The summed E-state index contributed by atoms with van der Waals surface area (Å²) < 4.78 is 0. The zero-order valence-corrected chi connectivity index (χ0v) is 16.5. The van der Waals surface area contributed by atoms with Gasteiger partial charge >= 0.3 is 0 Å². The number of hydrogen-bond acceptors (Lipinski definition) is 2. The molecule has 25 heavy (non-hydrogen) atoms. The molecular weight excluding hydrogens is 332 g/mol. The first-order valence-electron chi connectivity index (χ1n) is 8.99. The fourth-order valence-electron chi connectivity index (χ4n) is 4.23. The minimum Gasteiger partial charge on any atom is -0.347 e. The number of halogens is 1. The van der Waals surface area contributed by atoms with Gasteiger partial charge in [-0.2, -0.15) is 0 Å². The first kappa shape index (κ1) is 18.2. The molecule has 3 nitrogen and oxygen atoms in total. The number of carbonyl (C=O) groups excluding carboxylic acids is 1. The summed E-state index contributed by atoms with van der Waals surface area (Å²) in [4.78, 5) is 18.0. The molecule has 1 aromatic heterocycles. The molecule has 3 rings (SSSR count). The Labute approximate surface area is 155 Å². The summed E-state index contributed by atoms with van der Waals surface area (Å²) in [5.41, 5.74) is 3.63. The van der Waals surface area contributed by atoms with Crippen molar-refractivity contribution in [1.29, 1.82) is 0 Å². The van der Waals surface area contributed by atoms with Crippen molar-refractivity contribution in [3.8, 4) is 0 Å². The van der Waals surface area contributed by atoms with Crippen molar-refractivity contribution in [2.45, 2.75) is 65.8 Å². The van der Waals surface area contributed by atoms with Gasteiger partial charge in [-0.15, -0.1) is 0 Å². The van der Waals surface area contributed by atoms with E-state index < -0.39 is 0 Å². The predicted octanol–water partition coefficient (Wildman–Crippen LogP) is 5.32. The van der Waals surface area contributed by atoms with Crippen molar-refractivity contribution in [2.24, 2.45) is 5.41 Å². The molecule has 0 unspecified atom stereocenters. The normalized spacial score (nSPS) is 14.6. The number of amides is 1. The minimum atomic E-state index is -0.283. The Hall–Kier alpha value is -1.61. The second-order valence-corrected chi connectivity index (χ2v) is 9.44. The van der Waals surface area contributed by atoms with Gasteiger partial charge in [-0.3, -0.25) is 9.78 Å². The molecule has 1 N–H and O–H groups in total. The average Bonchev–Trinajstić information content (AvgIpc) is 2.88. The maximum Gasteiger partial charge on any atom is 0.252 e. The molecule has 1 heterocycles. The van der Waals surface area contributed by atoms with Gasteiger partial charge in [-0.05, 0) is 68.7 Å². The van der Waals surface area contributed by atoms with Gasteiger partial charge in [0.1, 0.15) is 0 Å². The lowest BCUT2D eigenvalue weighted by atomic mass is 9.81. The van der Waals surface area contributed by atoms with Crippen LogP contribution < -0.4 is 5.32 Å². The molecular formula is C21H27ClN2O. The first-order valence-corrected chi connectivity index (χ1v) is 9.37. The zero-order chi connectivity index (χ0) is 18.4. The van der Waals surface area contributed by atoms with E-state index in [1.54, 1.807) is 0 Å². The molecule has 0 atom stereocenters. The molecule has 134 valence electrons. The van der Waals surface area contributed by atoms with Crippen LogP contribution in [0.3, 0.4) is 0 Å². The van der Waals surface area contributed by atoms with Gasteiger partial charge in [-0.25, -0.2) is 0 Å². The monoisotopic (exact) mass is 358 g/mol. The third kappa shape index (κ3) is 3.98. The number of hydrogen-bond donors (Lipinski definition) is 1. The third-order valence-corrected chi connectivity index (χ3v) is 4.86. The smallest absolute Gasteiger partial charge is 0.252 e. The van der Waals surface area contributed by atoms with Crippen LogP contribution in [0.2, 0.25) is 5.02 Å². The van der Waals surface area contributed by atoms with Gasteiger partial charge in [0.15, 0.2) is 0 Å². The third-order valence-electron chi connectivity index (χ3n) is 4.63. The number of aryl methyl sites for hydroxylation is 1. The summed E-state index contributed by atoms with van der Waals surface area (Å²) in [7, 11) is 0. The van der Waals surface area contributed by atoms with Crippen LogP contribution in [-0.4, -0.2) is 16.4 Å². The van der Waals surface area contributed by atoms with E-state index >= 15 is 0 Å². The highest BCUT2D eigenvalue weighted by atomic mass is 35.5. The van der Waals surface area contributed by atoms with Gasteiger partial charge in [0, 0.05) is 21.6 Å². The number of nitrogens with one attached hydrogen (secondary N) is 1. The lowest BCUT2D eigenvalue weighted by Gasteiger charge is -2.33. The standard InChI is InChI=1S/C21H27ClN2O/c1-20(2,3)12-21(4,5)24-19(25)18-14-7-6-8-16(14)23-17-10-9-13(22)11-15(17)18/h9-11H,6-8,12H2,1-5H3,(H,24,25). The van der Waals surface area contributed by atoms with Gasteiger partial charge in [0.05, 0.1) is 11.1 Å². The Balaban J connectivity index is 2.05. The molecule has 0 saturated carbocycles. The molecule has 4 heteroatoms. The summed E-state index contributed by atoms with van der Waals surface area (Å²) in [6, 6.07) is 5.62. The number of nitrogens with zero attached hydrogens (tertiary/aromatic N) is 1. The van der Waals surface area contributed by atoms with Crippen molar-refractivity contribution in [2.75, 3.05) is 0 Å². The van der Waals surface area contributed by atoms with Crippen molar-refractivity contribution in [1.82, 2.24) is 10.3 Å². The largest absolute Gasteiger partial charge is 0.347 e. The highest BCUT2D eigenvalue weighted by Gasteiger charge is 2.30. The van der Waals surface area contributed by atoms with Crippen LogP contribution in [0.4, 0.5) is 0 Å². The summed E-state index contributed by atoms with van der Waals surface area (Å²) in [6.07, 6.45) is 3.81. The van der Waals surface area contributed by atoms with E-state index in [1.165, 1.54) is 0 Å². The second-order valence-electron chi connectivity index (χ2n) is 9.00. The summed E-state index contributed by atoms with van der Waals surface area (Å²) in [6.45, 7) is 10.8. The van der Waals surface area contributed by atoms with Gasteiger partial charge < -0.3 is 5.32 Å². The number of benzene rings is 1. The van der Waals surface area contributed by atoms with Crippen LogP contribution in [-0.2, 0) is 12.8 Å². The summed E-state index contributed by atoms with van der Waals surface area (Å²) in [5, 5.41) is 4.75. The Kier molecular flexibility index (Phi) is 4.57. The SMILES string of the molecule is CC(C)(C)CC(C)(C)NC(=O)c1c2c(nc3ccc(Cl)cc13)CCC2. The molecule has 0 aliphatic heterocycles. The van der Waals surface area contributed by atoms with Crippen molar-refractivity contribution >= 4 is 28.4 Å². The molecule has 0 radical (unpaired) electrons. The fraction of sp³-hybridized carbons (Fsp3) is 0.524. The van der Waals surface area contributed by atoms with E-state index in [0.717, 1.165) is 53.4 Å². The Morgan fingerprint density at radius 2 is 1.92 bits per heavy atom. The first-order chi connectivity index (χ1) is 11.6. The number of aromatic nitrogens is 1. The van der Waals surface area contributed by atoms with Crippen LogP contribution in [0.5, 0.6) is 0 Å². The van der Waals surface area contributed by atoms with Gasteiger partial charge in [-0.1, -0.05) is 32.4 Å². The Morgan fingerprint density at radius 1 is 1.20 bits per heavy atom. The number of rotatable bonds is 3. The molecule has 0 saturated heterocycles. The molecule has 1 amide bonds. The molecule has 1 aromatic carbocycles. The van der Waals surface area contributed by atoms with Crippen molar-refractivity contribution in [3.05, 3.63) is 40.0 Å². The number of fused-ring (bicyclic) bond motifs is 2. The van der Waals surface area contributed by atoms with E-state index in [-0.39, 0.29) is 16.9 Å². The molecule has 0 fully saturated rings. The molecule has 0 bridgehead atoms. The highest BCUT2D eigenvalue weighted by molar-refractivity contribution is 6.31. The summed E-state index contributed by atoms with van der Waals surface area (Å²) in [5.74, 6) is -0.0120.